The zero-order valence-electron chi connectivity index (χ0n) is 9.72. The molecule has 1 amide bonds. The highest BCUT2D eigenvalue weighted by molar-refractivity contribution is 9.10. The predicted molar refractivity (Wildman–Crippen MR) is 77.6 cm³/mol. The van der Waals surface area contributed by atoms with E-state index in [2.05, 4.69) is 21.2 Å². The fourth-order valence-electron chi connectivity index (χ4n) is 1.30. The van der Waals surface area contributed by atoms with E-state index in [0.29, 0.717) is 36.2 Å². The van der Waals surface area contributed by atoms with Crippen molar-refractivity contribution >= 4 is 45.0 Å². The number of amides is 1. The van der Waals surface area contributed by atoms with Gasteiger partial charge in [-0.2, -0.15) is 0 Å². The van der Waals surface area contributed by atoms with Crippen LogP contribution in [0.4, 0.5) is 0 Å². The molecule has 6 heteroatoms. The molecule has 1 rings (SSSR count). The molecule has 0 aromatic heterocycles. The fraction of sp³-hybridized carbons (Fsp3) is 0.417. The molecule has 18 heavy (non-hydrogen) atoms. The summed E-state index contributed by atoms with van der Waals surface area (Å²) >= 11 is 14.7. The minimum Gasteiger partial charge on any atom is -0.380 e. The Bertz CT molecular complexity index is 402. The van der Waals surface area contributed by atoms with Crippen molar-refractivity contribution in [1.29, 1.82) is 0 Å². The summed E-state index contributed by atoms with van der Waals surface area (Å²) in [5.74, 6) is 0.304. The third kappa shape index (κ3) is 5.57. The molecule has 0 aliphatic heterocycles. The van der Waals surface area contributed by atoms with Crippen molar-refractivity contribution in [2.24, 2.45) is 0 Å². The van der Waals surface area contributed by atoms with Crippen LogP contribution >= 0.6 is 39.1 Å². The van der Waals surface area contributed by atoms with E-state index < -0.39 is 0 Å². The van der Waals surface area contributed by atoms with Gasteiger partial charge < -0.3 is 10.1 Å². The van der Waals surface area contributed by atoms with E-state index in [0.717, 1.165) is 10.9 Å². The summed E-state index contributed by atoms with van der Waals surface area (Å²) in [5, 5.41) is 3.23. The molecular weight excluding hydrogens is 341 g/mol. The molecule has 0 saturated carbocycles. The molecule has 100 valence electrons. The first-order chi connectivity index (χ1) is 8.65. The number of halogens is 3. The molecule has 0 aliphatic carbocycles. The lowest BCUT2D eigenvalue weighted by Crippen LogP contribution is -2.25. The molecule has 3 nitrogen and oxygen atoms in total. The molecule has 1 N–H and O–H groups in total. The molecule has 0 radical (unpaired) electrons. The first kappa shape index (κ1) is 15.8. The van der Waals surface area contributed by atoms with E-state index in [1.165, 1.54) is 0 Å². The van der Waals surface area contributed by atoms with Crippen LogP contribution in [0.3, 0.4) is 0 Å². The van der Waals surface area contributed by atoms with E-state index in [9.17, 15) is 4.79 Å². The van der Waals surface area contributed by atoms with Crippen LogP contribution in [-0.4, -0.2) is 31.5 Å². The highest BCUT2D eigenvalue weighted by Gasteiger charge is 2.09. The second-order valence-electron chi connectivity index (χ2n) is 3.53. The number of hydrogen-bond acceptors (Lipinski definition) is 2. The summed E-state index contributed by atoms with van der Waals surface area (Å²) in [6, 6.07) is 5.17. The Hall–Kier alpha value is -0.290. The first-order valence-corrected chi connectivity index (χ1v) is 7.22. The monoisotopic (exact) mass is 353 g/mol. The van der Waals surface area contributed by atoms with Gasteiger partial charge in [-0.15, -0.1) is 11.6 Å². The minimum absolute atomic E-state index is 0.182. The fourth-order valence-corrected chi connectivity index (χ4v) is 1.97. The Balaban J connectivity index is 2.34. The molecule has 0 heterocycles. The van der Waals surface area contributed by atoms with Crippen molar-refractivity contribution in [2.45, 2.75) is 6.42 Å². The Morgan fingerprint density at radius 2 is 2.17 bits per heavy atom. The van der Waals surface area contributed by atoms with Gasteiger partial charge in [-0.25, -0.2) is 0 Å². The van der Waals surface area contributed by atoms with Crippen LogP contribution in [0.15, 0.2) is 22.7 Å². The van der Waals surface area contributed by atoms with Crippen LogP contribution in [0.5, 0.6) is 0 Å². The Morgan fingerprint density at radius 3 is 2.89 bits per heavy atom. The topological polar surface area (TPSA) is 38.3 Å². The van der Waals surface area contributed by atoms with Crippen molar-refractivity contribution in [2.75, 3.05) is 25.6 Å². The number of rotatable bonds is 7. The summed E-state index contributed by atoms with van der Waals surface area (Å²) in [7, 11) is 0. The van der Waals surface area contributed by atoms with Crippen molar-refractivity contribution in [3.63, 3.8) is 0 Å². The molecule has 0 atom stereocenters. The van der Waals surface area contributed by atoms with Crippen molar-refractivity contribution in [3.8, 4) is 0 Å². The maximum absolute atomic E-state index is 11.8. The number of benzene rings is 1. The van der Waals surface area contributed by atoms with Crippen molar-refractivity contribution in [3.05, 3.63) is 33.3 Å². The third-order valence-electron chi connectivity index (χ3n) is 2.15. The van der Waals surface area contributed by atoms with Crippen LogP contribution < -0.4 is 5.32 Å². The molecule has 0 unspecified atom stereocenters. The first-order valence-electron chi connectivity index (χ1n) is 5.52. The smallest absolute Gasteiger partial charge is 0.252 e. The Labute approximate surface area is 125 Å². The number of hydrogen-bond donors (Lipinski definition) is 1. The number of ether oxygens (including phenoxy) is 1. The van der Waals surface area contributed by atoms with Gasteiger partial charge in [-0.05, 0) is 24.6 Å². The SMILES string of the molecule is O=C(NCCCOCCCl)c1cc(Br)ccc1Cl. The summed E-state index contributed by atoms with van der Waals surface area (Å²) in [6.07, 6.45) is 0.744. The highest BCUT2D eigenvalue weighted by Crippen LogP contribution is 2.20. The van der Waals surface area contributed by atoms with Gasteiger partial charge in [-0.3, -0.25) is 4.79 Å². The van der Waals surface area contributed by atoms with Gasteiger partial charge >= 0.3 is 0 Å². The van der Waals surface area contributed by atoms with Gasteiger partial charge in [0.25, 0.3) is 5.91 Å². The number of carbonyl (C=O) groups excluding carboxylic acids is 1. The van der Waals surface area contributed by atoms with Crippen LogP contribution in [-0.2, 0) is 4.74 Å². The van der Waals surface area contributed by atoms with Crippen LogP contribution in [0.1, 0.15) is 16.8 Å². The second-order valence-corrected chi connectivity index (χ2v) is 5.24. The average molecular weight is 355 g/mol. The molecule has 0 spiro atoms. The average Bonchev–Trinajstić information content (AvgIpc) is 2.36. The van der Waals surface area contributed by atoms with Crippen LogP contribution in [0.2, 0.25) is 5.02 Å². The lowest BCUT2D eigenvalue weighted by Gasteiger charge is -2.07. The molecular formula is C12H14BrCl2NO2. The van der Waals surface area contributed by atoms with Crippen LogP contribution in [0.25, 0.3) is 0 Å². The van der Waals surface area contributed by atoms with E-state index >= 15 is 0 Å². The molecule has 1 aromatic rings. The number of carbonyl (C=O) groups is 1. The predicted octanol–water partition coefficient (Wildman–Crippen LogP) is 3.48. The zero-order chi connectivity index (χ0) is 13.4. The highest BCUT2D eigenvalue weighted by atomic mass is 79.9. The van der Waals surface area contributed by atoms with Gasteiger partial charge in [0.15, 0.2) is 0 Å². The standard InChI is InChI=1S/C12H14BrCl2NO2/c13-9-2-3-11(15)10(8-9)12(17)16-5-1-6-18-7-4-14/h2-3,8H,1,4-7H2,(H,16,17). The van der Waals surface area contributed by atoms with Crippen molar-refractivity contribution < 1.29 is 9.53 Å². The maximum Gasteiger partial charge on any atom is 0.252 e. The lowest BCUT2D eigenvalue weighted by atomic mass is 10.2. The molecule has 1 aromatic carbocycles. The quantitative estimate of drug-likeness (QED) is 0.601. The van der Waals surface area contributed by atoms with Crippen molar-refractivity contribution in [1.82, 2.24) is 5.32 Å². The zero-order valence-corrected chi connectivity index (χ0v) is 12.8. The lowest BCUT2D eigenvalue weighted by molar-refractivity contribution is 0.0944. The van der Waals surface area contributed by atoms with Gasteiger partial charge in [-0.1, -0.05) is 27.5 Å². The third-order valence-corrected chi connectivity index (χ3v) is 3.12. The van der Waals surface area contributed by atoms with Crippen LogP contribution in [0, 0.1) is 0 Å². The van der Waals surface area contributed by atoms with Gasteiger partial charge in [0.05, 0.1) is 17.2 Å². The second kappa shape index (κ2) is 8.75. The number of alkyl halides is 1. The Morgan fingerprint density at radius 1 is 1.39 bits per heavy atom. The summed E-state index contributed by atoms with van der Waals surface area (Å²) in [5.41, 5.74) is 0.465. The van der Waals surface area contributed by atoms with E-state index in [-0.39, 0.29) is 5.91 Å². The van der Waals surface area contributed by atoms with E-state index in [1.807, 2.05) is 0 Å². The Kier molecular flexibility index (Phi) is 7.66. The molecule has 0 fully saturated rings. The molecule has 0 aliphatic rings. The maximum atomic E-state index is 11.8. The molecule has 0 saturated heterocycles. The largest absolute Gasteiger partial charge is 0.380 e. The minimum atomic E-state index is -0.182. The van der Waals surface area contributed by atoms with E-state index in [1.54, 1.807) is 18.2 Å². The normalized spacial score (nSPS) is 10.4. The summed E-state index contributed by atoms with van der Waals surface area (Å²) in [6.45, 7) is 1.66. The van der Waals surface area contributed by atoms with Gasteiger partial charge in [0, 0.05) is 23.5 Å². The molecule has 0 bridgehead atoms. The van der Waals surface area contributed by atoms with Gasteiger partial charge in [0.2, 0.25) is 0 Å². The number of nitrogens with one attached hydrogen (secondary N) is 1. The van der Waals surface area contributed by atoms with Gasteiger partial charge in [0.1, 0.15) is 0 Å². The summed E-state index contributed by atoms with van der Waals surface area (Å²) in [4.78, 5) is 11.8. The van der Waals surface area contributed by atoms with E-state index in [4.69, 9.17) is 27.9 Å². The summed E-state index contributed by atoms with van der Waals surface area (Å²) < 4.78 is 6.02.